The summed E-state index contributed by atoms with van der Waals surface area (Å²) in [6.45, 7) is 9.41. The molecule has 0 N–H and O–H groups in total. The number of piperazine rings is 1. The fraction of sp³-hybridized carbons (Fsp3) is 0.647. The molecule has 0 atom stereocenters. The van der Waals surface area contributed by atoms with Gasteiger partial charge >= 0.3 is 0 Å². The Hall–Kier alpha value is -1.26. The predicted molar refractivity (Wildman–Crippen MR) is 86.3 cm³/mol. The first-order valence-electron chi connectivity index (χ1n) is 8.05. The zero-order chi connectivity index (χ0) is 14.9. The second-order valence-electron chi connectivity index (χ2n) is 5.64. The van der Waals surface area contributed by atoms with Gasteiger partial charge in [0.15, 0.2) is 11.5 Å². The van der Waals surface area contributed by atoms with Crippen molar-refractivity contribution in [1.82, 2.24) is 9.80 Å². The molecule has 2 rings (SSSR count). The Labute approximate surface area is 128 Å². The molecule has 4 nitrogen and oxygen atoms in total. The SMILES string of the molecule is CCCOc1ccccc1OCCCN1CCN(C)CC1. The Morgan fingerprint density at radius 1 is 0.952 bits per heavy atom. The van der Waals surface area contributed by atoms with Gasteiger partial charge in [0.25, 0.3) is 0 Å². The number of benzene rings is 1. The number of hydrogen-bond acceptors (Lipinski definition) is 4. The maximum Gasteiger partial charge on any atom is 0.161 e. The van der Waals surface area contributed by atoms with Crippen LogP contribution in [0, 0.1) is 0 Å². The Kier molecular flexibility index (Phi) is 6.83. The van der Waals surface area contributed by atoms with Gasteiger partial charge in [-0.25, -0.2) is 0 Å². The van der Waals surface area contributed by atoms with Crippen LogP contribution in [-0.4, -0.2) is 62.8 Å². The van der Waals surface area contributed by atoms with Crippen molar-refractivity contribution in [2.24, 2.45) is 0 Å². The van der Waals surface area contributed by atoms with Crippen LogP contribution in [0.25, 0.3) is 0 Å². The number of likely N-dealkylation sites (N-methyl/N-ethyl adjacent to an activating group) is 1. The topological polar surface area (TPSA) is 24.9 Å². The fourth-order valence-electron chi connectivity index (χ4n) is 2.44. The minimum absolute atomic E-state index is 0.738. The lowest BCUT2D eigenvalue weighted by Gasteiger charge is -2.32. The minimum Gasteiger partial charge on any atom is -0.490 e. The number of ether oxygens (including phenoxy) is 2. The largest absolute Gasteiger partial charge is 0.490 e. The van der Waals surface area contributed by atoms with Gasteiger partial charge in [0, 0.05) is 32.7 Å². The van der Waals surface area contributed by atoms with E-state index >= 15 is 0 Å². The molecule has 0 spiro atoms. The minimum atomic E-state index is 0.738. The summed E-state index contributed by atoms with van der Waals surface area (Å²) in [5, 5.41) is 0. The van der Waals surface area contributed by atoms with E-state index in [2.05, 4.69) is 23.8 Å². The van der Waals surface area contributed by atoms with Crippen molar-refractivity contribution >= 4 is 0 Å². The van der Waals surface area contributed by atoms with Gasteiger partial charge in [-0.15, -0.1) is 0 Å². The van der Waals surface area contributed by atoms with Crippen LogP contribution in [0.5, 0.6) is 11.5 Å². The summed E-state index contributed by atoms with van der Waals surface area (Å²) in [7, 11) is 2.19. The van der Waals surface area contributed by atoms with E-state index in [4.69, 9.17) is 9.47 Å². The lowest BCUT2D eigenvalue weighted by Crippen LogP contribution is -2.44. The molecule has 1 aliphatic rings. The fourth-order valence-corrected chi connectivity index (χ4v) is 2.44. The second kappa shape index (κ2) is 8.90. The van der Waals surface area contributed by atoms with E-state index in [0.717, 1.165) is 44.1 Å². The summed E-state index contributed by atoms with van der Waals surface area (Å²) < 4.78 is 11.6. The molecule has 0 aliphatic carbocycles. The molecule has 1 aromatic carbocycles. The lowest BCUT2D eigenvalue weighted by atomic mass is 10.3. The van der Waals surface area contributed by atoms with Gasteiger partial charge < -0.3 is 19.3 Å². The van der Waals surface area contributed by atoms with Crippen LogP contribution in [0.3, 0.4) is 0 Å². The van der Waals surface area contributed by atoms with E-state index in [0.29, 0.717) is 0 Å². The maximum atomic E-state index is 5.88. The molecule has 0 bridgehead atoms. The third-order valence-electron chi connectivity index (χ3n) is 3.78. The number of para-hydroxylation sites is 2. The number of nitrogens with zero attached hydrogens (tertiary/aromatic N) is 2. The lowest BCUT2D eigenvalue weighted by molar-refractivity contribution is 0.145. The van der Waals surface area contributed by atoms with Gasteiger partial charge in [0.2, 0.25) is 0 Å². The molecule has 0 amide bonds. The van der Waals surface area contributed by atoms with Crippen molar-refractivity contribution in [1.29, 1.82) is 0 Å². The summed E-state index contributed by atoms with van der Waals surface area (Å²) in [4.78, 5) is 4.90. The van der Waals surface area contributed by atoms with Crippen LogP contribution >= 0.6 is 0 Å². The third-order valence-corrected chi connectivity index (χ3v) is 3.78. The maximum absolute atomic E-state index is 5.88. The van der Waals surface area contributed by atoms with E-state index in [-0.39, 0.29) is 0 Å². The van der Waals surface area contributed by atoms with Gasteiger partial charge in [0.1, 0.15) is 0 Å². The van der Waals surface area contributed by atoms with E-state index in [9.17, 15) is 0 Å². The van der Waals surface area contributed by atoms with Crippen molar-refractivity contribution in [2.45, 2.75) is 19.8 Å². The average Bonchev–Trinajstić information content (AvgIpc) is 2.52. The van der Waals surface area contributed by atoms with Gasteiger partial charge in [-0.2, -0.15) is 0 Å². The summed E-state index contributed by atoms with van der Waals surface area (Å²) >= 11 is 0. The van der Waals surface area contributed by atoms with Crippen LogP contribution in [0.2, 0.25) is 0 Å². The quantitative estimate of drug-likeness (QED) is 0.687. The summed E-state index contributed by atoms with van der Waals surface area (Å²) in [5.41, 5.74) is 0. The number of rotatable bonds is 8. The molecule has 0 saturated carbocycles. The Morgan fingerprint density at radius 3 is 2.19 bits per heavy atom. The molecular weight excluding hydrogens is 264 g/mol. The Bertz CT molecular complexity index is 404. The molecule has 0 aromatic heterocycles. The molecule has 1 aromatic rings. The highest BCUT2D eigenvalue weighted by Crippen LogP contribution is 2.26. The molecule has 0 radical (unpaired) electrons. The average molecular weight is 292 g/mol. The van der Waals surface area contributed by atoms with Crippen LogP contribution in [0.1, 0.15) is 19.8 Å². The van der Waals surface area contributed by atoms with Gasteiger partial charge in [-0.05, 0) is 32.0 Å². The molecule has 4 heteroatoms. The van der Waals surface area contributed by atoms with E-state index in [1.807, 2.05) is 24.3 Å². The highest BCUT2D eigenvalue weighted by atomic mass is 16.5. The van der Waals surface area contributed by atoms with E-state index in [1.165, 1.54) is 26.2 Å². The smallest absolute Gasteiger partial charge is 0.161 e. The van der Waals surface area contributed by atoms with Crippen LogP contribution in [0.15, 0.2) is 24.3 Å². The monoisotopic (exact) mass is 292 g/mol. The normalized spacial score (nSPS) is 16.9. The molecule has 0 unspecified atom stereocenters. The van der Waals surface area contributed by atoms with Gasteiger partial charge in [0.05, 0.1) is 13.2 Å². The Morgan fingerprint density at radius 2 is 1.57 bits per heavy atom. The molecule has 118 valence electrons. The zero-order valence-electron chi connectivity index (χ0n) is 13.4. The third kappa shape index (κ3) is 5.56. The molecule has 21 heavy (non-hydrogen) atoms. The Balaban J connectivity index is 1.68. The highest BCUT2D eigenvalue weighted by molar-refractivity contribution is 5.39. The molecule has 1 heterocycles. The highest BCUT2D eigenvalue weighted by Gasteiger charge is 2.13. The predicted octanol–water partition coefficient (Wildman–Crippen LogP) is 2.49. The summed E-state index contributed by atoms with van der Waals surface area (Å²) in [6.07, 6.45) is 2.07. The van der Waals surface area contributed by atoms with Crippen molar-refractivity contribution < 1.29 is 9.47 Å². The van der Waals surface area contributed by atoms with Crippen LogP contribution in [-0.2, 0) is 0 Å². The molecular formula is C17H28N2O2. The van der Waals surface area contributed by atoms with Crippen molar-refractivity contribution in [3.8, 4) is 11.5 Å². The molecule has 1 aliphatic heterocycles. The molecule has 1 saturated heterocycles. The van der Waals surface area contributed by atoms with Gasteiger partial charge in [-0.3, -0.25) is 0 Å². The van der Waals surface area contributed by atoms with Crippen LogP contribution in [0.4, 0.5) is 0 Å². The second-order valence-corrected chi connectivity index (χ2v) is 5.64. The first-order valence-corrected chi connectivity index (χ1v) is 8.05. The number of hydrogen-bond donors (Lipinski definition) is 0. The first-order chi connectivity index (χ1) is 10.3. The van der Waals surface area contributed by atoms with E-state index in [1.54, 1.807) is 0 Å². The summed E-state index contributed by atoms with van der Waals surface area (Å²) in [6, 6.07) is 7.95. The van der Waals surface area contributed by atoms with Crippen molar-refractivity contribution in [2.75, 3.05) is 53.0 Å². The molecule has 1 fully saturated rings. The van der Waals surface area contributed by atoms with Crippen LogP contribution < -0.4 is 9.47 Å². The first kappa shape index (κ1) is 16.1. The summed E-state index contributed by atoms with van der Waals surface area (Å²) in [5.74, 6) is 1.73. The van der Waals surface area contributed by atoms with Crippen molar-refractivity contribution in [3.05, 3.63) is 24.3 Å². The standard InChI is InChI=1S/C17H28N2O2/c1-3-14-20-16-7-4-5-8-17(16)21-15-6-9-19-12-10-18(2)11-13-19/h4-5,7-8H,3,6,9-15H2,1-2H3. The zero-order valence-corrected chi connectivity index (χ0v) is 13.4. The van der Waals surface area contributed by atoms with Gasteiger partial charge in [-0.1, -0.05) is 19.1 Å². The van der Waals surface area contributed by atoms with Crippen molar-refractivity contribution in [3.63, 3.8) is 0 Å². The van der Waals surface area contributed by atoms with E-state index < -0.39 is 0 Å².